The minimum absolute atomic E-state index is 0.0314. The highest BCUT2D eigenvalue weighted by molar-refractivity contribution is 6.14. The Bertz CT molecular complexity index is 1170. The van der Waals surface area contributed by atoms with E-state index in [0.29, 0.717) is 17.1 Å². The molecule has 7 heteroatoms. The van der Waals surface area contributed by atoms with Crippen LogP contribution >= 0.6 is 0 Å². The molecule has 0 radical (unpaired) electrons. The molecule has 4 rings (SSSR count). The Morgan fingerprint density at radius 1 is 1.03 bits per heavy atom. The van der Waals surface area contributed by atoms with Crippen LogP contribution in [-0.4, -0.2) is 24.8 Å². The summed E-state index contributed by atoms with van der Waals surface area (Å²) in [6.45, 7) is 0.242. The van der Waals surface area contributed by atoms with E-state index in [4.69, 9.17) is 9.47 Å². The van der Waals surface area contributed by atoms with E-state index >= 15 is 0 Å². The van der Waals surface area contributed by atoms with Gasteiger partial charge in [0.2, 0.25) is 5.78 Å². The third kappa shape index (κ3) is 4.40. The number of nitrogens with zero attached hydrogens (tertiary/aromatic N) is 2. The number of fused-ring (bicyclic) bond motifs is 1. The highest BCUT2D eigenvalue weighted by atomic mass is 16.6. The molecule has 3 aromatic rings. The molecular weight excluding hydrogens is 396 g/mol. The second-order valence-corrected chi connectivity index (χ2v) is 7.30. The minimum Gasteiger partial charge on any atom is -0.489 e. The molecule has 1 heterocycles. The number of carbonyl (C=O) groups is 1. The largest absolute Gasteiger partial charge is 0.489 e. The zero-order chi connectivity index (χ0) is 22.0. The van der Waals surface area contributed by atoms with Crippen LogP contribution in [0.1, 0.15) is 21.5 Å². The number of non-ortho nitro benzene ring substituents is 1. The van der Waals surface area contributed by atoms with Crippen molar-refractivity contribution in [3.63, 3.8) is 0 Å². The van der Waals surface area contributed by atoms with Gasteiger partial charge in [0.25, 0.3) is 5.69 Å². The van der Waals surface area contributed by atoms with Gasteiger partial charge in [0.15, 0.2) is 5.76 Å². The van der Waals surface area contributed by atoms with Crippen molar-refractivity contribution < 1.29 is 19.2 Å². The summed E-state index contributed by atoms with van der Waals surface area (Å²) in [6.07, 6.45) is 1.72. The fraction of sp³-hybridized carbons (Fsp3) is 0.125. The summed E-state index contributed by atoms with van der Waals surface area (Å²) in [5.41, 5.74) is 3.25. The summed E-state index contributed by atoms with van der Waals surface area (Å²) in [5, 5.41) is 10.7. The number of nitro groups is 1. The lowest BCUT2D eigenvalue weighted by atomic mass is 10.1. The topological polar surface area (TPSA) is 81.9 Å². The second-order valence-electron chi connectivity index (χ2n) is 7.30. The van der Waals surface area contributed by atoms with Gasteiger partial charge in [-0.05, 0) is 53.6 Å². The van der Waals surface area contributed by atoms with Gasteiger partial charge in [0.1, 0.15) is 18.1 Å². The van der Waals surface area contributed by atoms with Crippen LogP contribution in [0.15, 0.2) is 72.5 Å². The van der Waals surface area contributed by atoms with Crippen molar-refractivity contribution in [2.45, 2.75) is 6.61 Å². The third-order valence-electron chi connectivity index (χ3n) is 4.90. The van der Waals surface area contributed by atoms with Gasteiger partial charge in [-0.2, -0.15) is 0 Å². The molecule has 1 aliphatic rings. The highest BCUT2D eigenvalue weighted by Gasteiger charge is 2.27. The first-order valence-electron chi connectivity index (χ1n) is 9.62. The smallest absolute Gasteiger partial charge is 0.269 e. The molecule has 0 bridgehead atoms. The molecule has 0 amide bonds. The lowest BCUT2D eigenvalue weighted by Crippen LogP contribution is -2.08. The summed E-state index contributed by atoms with van der Waals surface area (Å²) in [6, 6.07) is 19.0. The first-order chi connectivity index (χ1) is 14.9. The number of nitro benzene ring substituents is 1. The van der Waals surface area contributed by atoms with Gasteiger partial charge in [0, 0.05) is 38.0 Å². The Morgan fingerprint density at radius 3 is 2.39 bits per heavy atom. The summed E-state index contributed by atoms with van der Waals surface area (Å²) in [4.78, 5) is 25.0. The SMILES string of the molecule is CN(C)c1ccc(/C=C2\Oc3cc(OCc4ccc([N+](=O)[O-])cc4)ccc3C2=O)cc1. The molecule has 3 aromatic carbocycles. The lowest BCUT2D eigenvalue weighted by Gasteiger charge is -2.11. The number of rotatable bonds is 6. The van der Waals surface area contributed by atoms with E-state index in [1.165, 1.54) is 12.1 Å². The quantitative estimate of drug-likeness (QED) is 0.324. The number of hydrogen-bond donors (Lipinski definition) is 0. The van der Waals surface area contributed by atoms with E-state index < -0.39 is 4.92 Å². The maximum Gasteiger partial charge on any atom is 0.269 e. The summed E-state index contributed by atoms with van der Waals surface area (Å²) >= 11 is 0. The molecule has 1 aliphatic heterocycles. The monoisotopic (exact) mass is 416 g/mol. The Labute approximate surface area is 179 Å². The Hall–Kier alpha value is -4.13. The van der Waals surface area contributed by atoms with E-state index in [9.17, 15) is 14.9 Å². The number of carbonyl (C=O) groups excluding carboxylic acids is 1. The minimum atomic E-state index is -0.443. The second kappa shape index (κ2) is 8.31. The normalized spacial score (nSPS) is 13.6. The van der Waals surface area contributed by atoms with Gasteiger partial charge in [-0.25, -0.2) is 0 Å². The molecule has 0 unspecified atom stereocenters. The van der Waals surface area contributed by atoms with Gasteiger partial charge in [-0.3, -0.25) is 14.9 Å². The highest BCUT2D eigenvalue weighted by Crippen LogP contribution is 2.35. The van der Waals surface area contributed by atoms with Crippen LogP contribution in [0.3, 0.4) is 0 Å². The van der Waals surface area contributed by atoms with Crippen LogP contribution in [0.4, 0.5) is 11.4 Å². The Kier molecular flexibility index (Phi) is 5.41. The third-order valence-corrected chi connectivity index (χ3v) is 4.90. The molecule has 0 aliphatic carbocycles. The molecule has 0 atom stereocenters. The van der Waals surface area contributed by atoms with E-state index in [1.54, 1.807) is 36.4 Å². The van der Waals surface area contributed by atoms with Crippen molar-refractivity contribution in [2.75, 3.05) is 19.0 Å². The van der Waals surface area contributed by atoms with Gasteiger partial charge in [-0.1, -0.05) is 12.1 Å². The van der Waals surface area contributed by atoms with Crippen LogP contribution in [0.25, 0.3) is 6.08 Å². The van der Waals surface area contributed by atoms with Crippen LogP contribution in [0.5, 0.6) is 11.5 Å². The Morgan fingerprint density at radius 2 is 1.74 bits per heavy atom. The first kappa shape index (κ1) is 20.2. The number of ketones is 1. The van der Waals surface area contributed by atoms with Crippen LogP contribution in [0.2, 0.25) is 0 Å². The van der Waals surface area contributed by atoms with Gasteiger partial charge in [0.05, 0.1) is 10.5 Å². The standard InChI is InChI=1S/C24H20N2O5/c1-25(2)18-7-3-16(4-8-18)13-23-24(27)21-12-11-20(14-22(21)31-23)30-15-17-5-9-19(10-6-17)26(28)29/h3-14H,15H2,1-2H3/b23-13-. The molecule has 0 saturated carbocycles. The van der Waals surface area contributed by atoms with Gasteiger partial charge in [-0.15, -0.1) is 0 Å². The molecule has 0 saturated heterocycles. The molecule has 0 N–H and O–H groups in total. The van der Waals surface area contributed by atoms with Crippen molar-refractivity contribution in [3.05, 3.63) is 99.3 Å². The summed E-state index contributed by atoms with van der Waals surface area (Å²) < 4.78 is 11.5. The molecular formula is C24H20N2O5. The molecule has 0 fully saturated rings. The maximum atomic E-state index is 12.7. The van der Waals surface area contributed by atoms with E-state index in [-0.39, 0.29) is 23.8 Å². The van der Waals surface area contributed by atoms with Crippen molar-refractivity contribution in [1.29, 1.82) is 0 Å². The first-order valence-corrected chi connectivity index (χ1v) is 9.62. The average Bonchev–Trinajstić information content (AvgIpc) is 3.07. The fourth-order valence-corrected chi connectivity index (χ4v) is 3.16. The van der Waals surface area contributed by atoms with Crippen molar-refractivity contribution in [3.8, 4) is 11.5 Å². The molecule has 156 valence electrons. The lowest BCUT2D eigenvalue weighted by molar-refractivity contribution is -0.384. The van der Waals surface area contributed by atoms with Crippen LogP contribution < -0.4 is 14.4 Å². The number of allylic oxidation sites excluding steroid dienone is 1. The maximum absolute atomic E-state index is 12.7. The van der Waals surface area contributed by atoms with Crippen LogP contribution in [-0.2, 0) is 6.61 Å². The van der Waals surface area contributed by atoms with Gasteiger partial charge >= 0.3 is 0 Å². The molecule has 0 spiro atoms. The number of Topliss-reactive ketones (excluding diaryl/α,β-unsaturated/α-hetero) is 1. The molecule has 31 heavy (non-hydrogen) atoms. The summed E-state index contributed by atoms with van der Waals surface area (Å²) in [7, 11) is 3.93. The predicted octanol–water partition coefficient (Wildman–Crippen LogP) is 4.86. The predicted molar refractivity (Wildman–Crippen MR) is 118 cm³/mol. The van der Waals surface area contributed by atoms with Crippen molar-refractivity contribution in [2.24, 2.45) is 0 Å². The molecule has 0 aromatic heterocycles. The molecule has 7 nitrogen and oxygen atoms in total. The van der Waals surface area contributed by atoms with E-state index in [1.807, 2.05) is 43.3 Å². The average molecular weight is 416 g/mol. The Balaban J connectivity index is 1.45. The number of benzene rings is 3. The zero-order valence-electron chi connectivity index (χ0n) is 17.1. The zero-order valence-corrected chi connectivity index (χ0v) is 17.1. The fourth-order valence-electron chi connectivity index (χ4n) is 3.16. The van der Waals surface area contributed by atoms with E-state index in [0.717, 1.165) is 16.8 Å². The van der Waals surface area contributed by atoms with Crippen molar-refractivity contribution in [1.82, 2.24) is 0 Å². The number of anilines is 1. The van der Waals surface area contributed by atoms with Crippen molar-refractivity contribution >= 4 is 23.2 Å². The number of hydrogen-bond acceptors (Lipinski definition) is 6. The van der Waals surface area contributed by atoms with Crippen LogP contribution in [0, 0.1) is 10.1 Å². The van der Waals surface area contributed by atoms with E-state index in [2.05, 4.69) is 0 Å². The van der Waals surface area contributed by atoms with Gasteiger partial charge < -0.3 is 14.4 Å². The summed E-state index contributed by atoms with van der Waals surface area (Å²) in [5.74, 6) is 1.08. The number of ether oxygens (including phenoxy) is 2.